The smallest absolute Gasteiger partial charge is 0.308 e. The fraction of sp³-hybridized carbons (Fsp3) is 0.406. The van der Waals surface area contributed by atoms with E-state index in [1.165, 1.54) is 61.1 Å². The molecule has 0 aliphatic rings. The van der Waals surface area contributed by atoms with E-state index in [1.54, 1.807) is 74.4 Å². The highest BCUT2D eigenvalue weighted by Crippen LogP contribution is 2.39. The predicted molar refractivity (Wildman–Crippen MR) is 602 cm³/mol. The van der Waals surface area contributed by atoms with Gasteiger partial charge < -0.3 is 75.8 Å². The normalized spacial score (nSPS) is 10.7. The fourth-order valence-electron chi connectivity index (χ4n) is 14.0. The van der Waals surface area contributed by atoms with Gasteiger partial charge in [-0.2, -0.15) is 0 Å². The Morgan fingerprint density at radius 3 is 0.608 bits per heavy atom. The number of hydrogen-bond acceptors (Lipinski definition) is 20. The van der Waals surface area contributed by atoms with Crippen molar-refractivity contribution in [2.24, 2.45) is 0 Å². The molecule has 0 amide bonds. The molecule has 0 heterocycles. The zero-order valence-corrected chi connectivity index (χ0v) is 92.4. The molecule has 8 aromatic carbocycles. The number of rotatable bonds is 64. The zero-order chi connectivity index (χ0) is 108. The molecule has 0 aliphatic heterocycles. The molecule has 0 aromatic heterocycles. The van der Waals surface area contributed by atoms with E-state index in [0.29, 0.717) is 26.4 Å². The van der Waals surface area contributed by atoms with Gasteiger partial charge in [-0.1, -0.05) is 124 Å². The number of hydrogen-bond donors (Lipinski definition) is 0. The van der Waals surface area contributed by atoms with Crippen LogP contribution in [-0.4, -0.2) is 50.3 Å². The van der Waals surface area contributed by atoms with Crippen LogP contribution in [0.2, 0.25) is 0 Å². The number of allylic oxidation sites excluding steroid dienone is 8. The number of benzene rings is 8. The van der Waals surface area contributed by atoms with Crippen LogP contribution in [0.5, 0.6) is 92.0 Å². The highest BCUT2D eigenvalue weighted by atomic mass is 16.6. The summed E-state index contributed by atoms with van der Waals surface area (Å²) in [6.07, 6.45) is 49.4. The van der Waals surface area contributed by atoms with Crippen molar-refractivity contribution in [3.63, 3.8) is 0 Å². The SMILES string of the molecule is C=C(C)CCOc1ccc(CCCCc2ccc(OCCC(=C)C)c(OCCC(=C)C)c2)cc1OCCC(=C)C.CC(=O)Oc1ccc(CCCCc2ccc(OC(C)=O)c(OC(C)=O)c2)cc1OC(C)=O.CC(C)=COc1ccc(CCCCc2ccc(OC=C(C)C)c(OC=C(C)C)c2)cc1OC=C(C)C.CCCC=COc1ccc(CCCCc2ccc(OC=CCCC)c(OC=CCCC)c2)cc1OC=CCCC. The van der Waals surface area contributed by atoms with Crippen molar-refractivity contribution in [1.82, 2.24) is 0 Å². The van der Waals surface area contributed by atoms with Crippen LogP contribution < -0.4 is 75.8 Å². The average molecular weight is 2030 g/mol. The summed E-state index contributed by atoms with van der Waals surface area (Å²) in [5.41, 5.74) is 18.1. The highest BCUT2D eigenvalue weighted by molar-refractivity contribution is 5.75. The molecule has 0 saturated carbocycles. The molecule has 0 atom stereocenters. The van der Waals surface area contributed by atoms with Gasteiger partial charge in [0.1, 0.15) is 0 Å². The highest BCUT2D eigenvalue weighted by Gasteiger charge is 2.19. The number of aryl methyl sites for hydroxylation is 8. The van der Waals surface area contributed by atoms with Gasteiger partial charge in [-0.3, -0.25) is 19.2 Å². The Balaban J connectivity index is 0.000000348. The third-order valence-corrected chi connectivity index (χ3v) is 21.6. The summed E-state index contributed by atoms with van der Waals surface area (Å²) in [4.78, 5) is 45.1. The number of unbranched alkanes of at least 4 members (excludes halogenated alkanes) is 8. The first-order chi connectivity index (χ1) is 71.1. The van der Waals surface area contributed by atoms with E-state index in [9.17, 15) is 19.2 Å². The van der Waals surface area contributed by atoms with Gasteiger partial charge in [0.2, 0.25) is 0 Å². The predicted octanol–water partition coefficient (Wildman–Crippen LogP) is 34.1. The summed E-state index contributed by atoms with van der Waals surface area (Å²) in [6, 6.07) is 47.7. The molecule has 20 nitrogen and oxygen atoms in total. The Morgan fingerprint density at radius 2 is 0.392 bits per heavy atom. The summed E-state index contributed by atoms with van der Waals surface area (Å²) in [5, 5.41) is 0. The molecule has 8 aromatic rings. The number of carbonyl (C=O) groups is 4. The Kier molecular flexibility index (Phi) is 61.7. The molecule has 0 saturated heterocycles. The molecule has 0 aliphatic carbocycles. The van der Waals surface area contributed by atoms with Gasteiger partial charge in [0.15, 0.2) is 92.0 Å². The second-order valence-electron chi connectivity index (χ2n) is 38.0. The first-order valence-corrected chi connectivity index (χ1v) is 52.4. The minimum Gasteiger partial charge on any atom is -0.489 e. The van der Waals surface area contributed by atoms with Crippen LogP contribution in [0.3, 0.4) is 0 Å². The Bertz CT molecular complexity index is 5340. The second kappa shape index (κ2) is 73.2. The fourth-order valence-corrected chi connectivity index (χ4v) is 14.0. The van der Waals surface area contributed by atoms with Crippen molar-refractivity contribution < 1.29 is 95.0 Å². The minimum absolute atomic E-state index is 0.197. The Morgan fingerprint density at radius 1 is 0.216 bits per heavy atom. The van der Waals surface area contributed by atoms with E-state index in [1.807, 2.05) is 144 Å². The van der Waals surface area contributed by atoms with Crippen LogP contribution in [-0.2, 0) is 70.5 Å². The van der Waals surface area contributed by atoms with Gasteiger partial charge in [0.05, 0.1) is 76.5 Å². The van der Waals surface area contributed by atoms with Gasteiger partial charge in [0.25, 0.3) is 0 Å². The molecule has 0 N–H and O–H groups in total. The monoisotopic (exact) mass is 2030 g/mol. The molecule has 0 radical (unpaired) electrons. The van der Waals surface area contributed by atoms with Crippen LogP contribution in [0.4, 0.5) is 0 Å². The summed E-state index contributed by atoms with van der Waals surface area (Å²) < 4.78 is 91.7. The standard InChI is InChI=1S/2C36H50O4.C32H42O4.C24H26O8/c1-27(2)17-21-37-33-15-13-31(25-35(33)39-23-19-29(5)6)11-9-10-12-32-14-16-34(38-22-18-28(3)4)36(26-32)40-24-20-30(7)8;1-5-9-15-25-37-33-23-21-31(29-35(33)39-27-17-11-7-3)19-13-14-20-32-22-24-34(38-26-16-10-6-2)36(30-32)40-28-18-12-8-4;1-23(2)19-33-29-15-13-27(17-31(29)35-21-25(5)6)11-9-10-12-28-14-16-30(34-20-24(3)4)32(18-28)36-22-26(7)8;1-15(25)29-21-11-9-19(13-23(21)31-17(3)27)7-5-6-8-20-10-12-22(30-16(2)26)24(14-20)32-18(4)28/h13-16,25-26H,1,3,5,7,9-12,17-24H2,2,4,6,8H3;15-18,21-30H,5-14,19-20H2,1-4H3;13-22H,9-12H2,1-8H3;9-14H,5-8H2,1-4H3. The first-order valence-electron chi connectivity index (χ1n) is 52.4. The maximum Gasteiger partial charge on any atom is 0.308 e. The van der Waals surface area contributed by atoms with E-state index in [2.05, 4.69) is 139 Å². The van der Waals surface area contributed by atoms with Crippen molar-refractivity contribution in [2.75, 3.05) is 26.4 Å². The van der Waals surface area contributed by atoms with Crippen molar-refractivity contribution in [2.45, 2.75) is 318 Å². The minimum atomic E-state index is -0.503. The molecule has 20 heteroatoms. The van der Waals surface area contributed by atoms with E-state index in [-0.39, 0.29) is 23.0 Å². The first kappa shape index (κ1) is 125. The van der Waals surface area contributed by atoms with Gasteiger partial charge in [-0.25, -0.2) is 0 Å². The Hall–Kier alpha value is -13.9. The summed E-state index contributed by atoms with van der Waals surface area (Å²) in [6.45, 7) is 56.1. The Labute approximate surface area is 885 Å². The maximum atomic E-state index is 11.3. The van der Waals surface area contributed by atoms with E-state index >= 15 is 0 Å². The zero-order valence-electron chi connectivity index (χ0n) is 92.4. The molecular weight excluding hydrogens is 1860 g/mol. The molecule has 0 bridgehead atoms. The molecule has 148 heavy (non-hydrogen) atoms. The van der Waals surface area contributed by atoms with Crippen LogP contribution in [0.1, 0.15) is 311 Å². The molecular formula is C128H168O20. The lowest BCUT2D eigenvalue weighted by Gasteiger charge is -2.15. The topological polar surface area (TPSA) is 216 Å². The maximum absolute atomic E-state index is 11.3. The lowest BCUT2D eigenvalue weighted by Crippen LogP contribution is -2.07. The summed E-state index contributed by atoms with van der Waals surface area (Å²) in [7, 11) is 0. The summed E-state index contributed by atoms with van der Waals surface area (Å²) in [5.74, 6) is 7.89. The van der Waals surface area contributed by atoms with Gasteiger partial charge in [0, 0.05) is 53.4 Å². The molecule has 0 spiro atoms. The lowest BCUT2D eigenvalue weighted by atomic mass is 10.0. The van der Waals surface area contributed by atoms with Crippen molar-refractivity contribution >= 4 is 23.9 Å². The molecule has 8 rings (SSSR count). The number of ether oxygens (including phenoxy) is 16. The van der Waals surface area contributed by atoms with Gasteiger partial charge in [-0.15, -0.1) is 26.3 Å². The summed E-state index contributed by atoms with van der Waals surface area (Å²) >= 11 is 0. The van der Waals surface area contributed by atoms with Crippen molar-refractivity contribution in [3.8, 4) is 92.0 Å². The van der Waals surface area contributed by atoms with Crippen LogP contribution in [0.15, 0.2) is 291 Å². The quantitative estimate of drug-likeness (QED) is 0.0114. The molecule has 0 unspecified atom stereocenters. The number of esters is 4. The molecule has 800 valence electrons. The average Bonchev–Trinajstić information content (AvgIpc) is 0.848. The van der Waals surface area contributed by atoms with Crippen LogP contribution in [0, 0.1) is 0 Å². The second-order valence-corrected chi connectivity index (χ2v) is 38.0. The van der Waals surface area contributed by atoms with Gasteiger partial charge >= 0.3 is 23.9 Å². The third-order valence-electron chi connectivity index (χ3n) is 21.6. The number of carbonyl (C=O) groups excluding carboxylic acids is 4. The van der Waals surface area contributed by atoms with E-state index in [4.69, 9.17) is 75.8 Å². The lowest BCUT2D eigenvalue weighted by molar-refractivity contribution is -0.134. The van der Waals surface area contributed by atoms with E-state index in [0.717, 1.165) is 304 Å². The molecule has 0 fully saturated rings. The van der Waals surface area contributed by atoms with Gasteiger partial charge in [-0.05, 0) is 400 Å². The van der Waals surface area contributed by atoms with Crippen molar-refractivity contribution in [3.05, 3.63) is 335 Å². The van der Waals surface area contributed by atoms with Crippen LogP contribution in [0.25, 0.3) is 0 Å². The van der Waals surface area contributed by atoms with E-state index < -0.39 is 23.9 Å². The largest absolute Gasteiger partial charge is 0.489 e. The van der Waals surface area contributed by atoms with Crippen molar-refractivity contribution in [1.29, 1.82) is 0 Å². The third kappa shape index (κ3) is 55.6. The van der Waals surface area contributed by atoms with Crippen LogP contribution >= 0.6 is 0 Å².